The van der Waals surface area contributed by atoms with Crippen LogP contribution < -0.4 is 5.32 Å². The van der Waals surface area contributed by atoms with E-state index in [-0.39, 0.29) is 17.2 Å². The fraction of sp³-hybridized carbons (Fsp3) is 0.364. The normalized spacial score (nSPS) is 11.1. The van der Waals surface area contributed by atoms with Gasteiger partial charge in [-0.1, -0.05) is 45.0 Å². The topological polar surface area (TPSA) is 49.4 Å². The molecule has 0 aliphatic heterocycles. The molecule has 0 aliphatic rings. The average Bonchev–Trinajstić information content (AvgIpc) is 2.65. The highest BCUT2D eigenvalue weighted by molar-refractivity contribution is 8.00. The van der Waals surface area contributed by atoms with Crippen LogP contribution in [0.25, 0.3) is 0 Å². The van der Waals surface area contributed by atoms with Gasteiger partial charge >= 0.3 is 0 Å². The van der Waals surface area contributed by atoms with Crippen molar-refractivity contribution in [2.24, 2.45) is 0 Å². The number of benzene rings is 2. The minimum Gasteiger partial charge on any atom is -0.355 e. The van der Waals surface area contributed by atoms with Crippen LogP contribution >= 0.6 is 11.8 Å². The van der Waals surface area contributed by atoms with Gasteiger partial charge in [0.1, 0.15) is 0 Å². The van der Waals surface area contributed by atoms with Crippen LogP contribution in [0.5, 0.6) is 0 Å². The van der Waals surface area contributed by atoms with Crippen molar-refractivity contribution in [3.05, 3.63) is 65.2 Å². The molecule has 0 saturated carbocycles. The lowest BCUT2D eigenvalue weighted by atomic mass is 9.87. The lowest BCUT2D eigenvalue weighted by Gasteiger charge is -2.19. The molecule has 0 atom stereocenters. The summed E-state index contributed by atoms with van der Waals surface area (Å²) in [5, 5.41) is 2.60. The van der Waals surface area contributed by atoms with Gasteiger partial charge in [-0.15, -0.1) is 11.8 Å². The Balaban J connectivity index is 1.87. The third-order valence-electron chi connectivity index (χ3n) is 4.37. The second-order valence-corrected chi connectivity index (χ2v) is 8.64. The molecule has 0 saturated heterocycles. The van der Waals surface area contributed by atoms with E-state index in [1.165, 1.54) is 5.56 Å². The Labute approximate surface area is 166 Å². The summed E-state index contributed by atoms with van der Waals surface area (Å²) in [5.41, 5.74) is 3.03. The van der Waals surface area contributed by atoms with Crippen molar-refractivity contribution >= 4 is 23.6 Å². The molecule has 0 fully saturated rings. The van der Waals surface area contributed by atoms with Crippen molar-refractivity contribution in [2.45, 2.75) is 37.6 Å². The molecule has 5 heteroatoms. The number of rotatable bonds is 6. The van der Waals surface area contributed by atoms with Crippen LogP contribution in [0.1, 0.15) is 42.3 Å². The van der Waals surface area contributed by atoms with Crippen LogP contribution in [0.4, 0.5) is 0 Å². The molecule has 2 aromatic rings. The lowest BCUT2D eigenvalue weighted by molar-refractivity contribution is -0.127. The minimum absolute atomic E-state index is 0.0790. The molecule has 1 N–H and O–H groups in total. The van der Waals surface area contributed by atoms with Gasteiger partial charge in [0, 0.05) is 31.1 Å². The molecule has 0 radical (unpaired) electrons. The van der Waals surface area contributed by atoms with Crippen LogP contribution in [0, 0.1) is 0 Å². The zero-order chi connectivity index (χ0) is 20.0. The molecule has 2 rings (SSSR count). The zero-order valence-corrected chi connectivity index (χ0v) is 17.5. The van der Waals surface area contributed by atoms with Crippen molar-refractivity contribution in [2.75, 3.05) is 19.8 Å². The first-order chi connectivity index (χ1) is 12.7. The molecule has 27 heavy (non-hydrogen) atoms. The van der Waals surface area contributed by atoms with Gasteiger partial charge in [0.15, 0.2) is 0 Å². The van der Waals surface area contributed by atoms with Gasteiger partial charge in [-0.3, -0.25) is 9.59 Å². The molecule has 0 aliphatic carbocycles. The third-order valence-corrected chi connectivity index (χ3v) is 5.37. The summed E-state index contributed by atoms with van der Waals surface area (Å²) in [6, 6.07) is 15.7. The molecule has 4 nitrogen and oxygen atoms in total. The van der Waals surface area contributed by atoms with Gasteiger partial charge in [-0.05, 0) is 40.8 Å². The molecule has 0 spiro atoms. The minimum atomic E-state index is -0.111. The number of thioether (sulfide) groups is 1. The summed E-state index contributed by atoms with van der Waals surface area (Å²) in [7, 11) is 3.41. The first-order valence-electron chi connectivity index (χ1n) is 8.99. The van der Waals surface area contributed by atoms with E-state index in [4.69, 9.17) is 0 Å². The summed E-state index contributed by atoms with van der Waals surface area (Å²) in [6.07, 6.45) is 0. The highest BCUT2D eigenvalue weighted by Gasteiger charge is 2.14. The van der Waals surface area contributed by atoms with Gasteiger partial charge in [0.05, 0.1) is 5.75 Å². The van der Waals surface area contributed by atoms with Crippen molar-refractivity contribution in [1.29, 1.82) is 0 Å². The molecule has 144 valence electrons. The highest BCUT2D eigenvalue weighted by atomic mass is 32.2. The summed E-state index contributed by atoms with van der Waals surface area (Å²) >= 11 is 1.55. The van der Waals surface area contributed by atoms with Gasteiger partial charge in [-0.25, -0.2) is 0 Å². The Morgan fingerprint density at radius 1 is 1.00 bits per heavy atom. The number of nitrogens with one attached hydrogen (secondary N) is 1. The van der Waals surface area contributed by atoms with E-state index < -0.39 is 0 Å². The predicted molar refractivity (Wildman–Crippen MR) is 112 cm³/mol. The molecule has 0 heterocycles. The summed E-state index contributed by atoms with van der Waals surface area (Å²) in [4.78, 5) is 26.8. The molecule has 0 aromatic heterocycles. The highest BCUT2D eigenvalue weighted by Crippen LogP contribution is 2.25. The standard InChI is InChI=1S/C22H28N2O2S/c1-22(2,3)18-10-12-19(13-11-18)27-15-20(25)24(5)14-16-6-8-17(9-7-16)21(26)23-4/h6-13H,14-15H2,1-5H3,(H,23,26). The largest absolute Gasteiger partial charge is 0.355 e. The zero-order valence-electron chi connectivity index (χ0n) is 16.7. The van der Waals surface area contributed by atoms with Crippen LogP contribution in [0.3, 0.4) is 0 Å². The Hall–Kier alpha value is -2.27. The number of nitrogens with zero attached hydrogens (tertiary/aromatic N) is 1. The van der Waals surface area contributed by atoms with E-state index in [1.54, 1.807) is 42.9 Å². The fourth-order valence-electron chi connectivity index (χ4n) is 2.57. The van der Waals surface area contributed by atoms with E-state index >= 15 is 0 Å². The number of amides is 2. The Morgan fingerprint density at radius 3 is 2.11 bits per heavy atom. The van der Waals surface area contributed by atoms with Crippen LogP contribution in [-0.2, 0) is 16.8 Å². The second kappa shape index (κ2) is 9.09. The van der Waals surface area contributed by atoms with Crippen LogP contribution in [0.2, 0.25) is 0 Å². The predicted octanol–water partition coefficient (Wildman–Crippen LogP) is 4.09. The molecular formula is C22H28N2O2S. The molecule has 2 amide bonds. The fourth-order valence-corrected chi connectivity index (χ4v) is 3.41. The maximum atomic E-state index is 12.4. The third kappa shape index (κ3) is 6.14. The summed E-state index contributed by atoms with van der Waals surface area (Å²) in [5.74, 6) is 0.372. The quantitative estimate of drug-likeness (QED) is 0.763. The first-order valence-corrected chi connectivity index (χ1v) is 9.97. The van der Waals surface area contributed by atoms with Gasteiger partial charge < -0.3 is 10.2 Å². The van der Waals surface area contributed by atoms with Gasteiger partial charge in [-0.2, -0.15) is 0 Å². The van der Waals surface area contributed by atoms with Crippen molar-refractivity contribution < 1.29 is 9.59 Å². The van der Waals surface area contributed by atoms with E-state index in [0.29, 0.717) is 17.9 Å². The van der Waals surface area contributed by atoms with E-state index in [2.05, 4.69) is 50.4 Å². The molecule has 2 aromatic carbocycles. The number of hydrogen-bond donors (Lipinski definition) is 1. The Kier molecular flexibility index (Phi) is 7.08. The van der Waals surface area contributed by atoms with Crippen molar-refractivity contribution in [3.8, 4) is 0 Å². The van der Waals surface area contributed by atoms with Gasteiger partial charge in [0.2, 0.25) is 5.91 Å². The average molecular weight is 385 g/mol. The Bertz CT molecular complexity index is 777. The van der Waals surface area contributed by atoms with E-state index in [0.717, 1.165) is 10.5 Å². The SMILES string of the molecule is CNC(=O)c1ccc(CN(C)C(=O)CSc2ccc(C(C)(C)C)cc2)cc1. The monoisotopic (exact) mass is 384 g/mol. The van der Waals surface area contributed by atoms with Crippen molar-refractivity contribution in [1.82, 2.24) is 10.2 Å². The molecular weight excluding hydrogens is 356 g/mol. The lowest BCUT2D eigenvalue weighted by Crippen LogP contribution is -2.27. The summed E-state index contributed by atoms with van der Waals surface area (Å²) in [6.45, 7) is 7.09. The molecule has 0 bridgehead atoms. The van der Waals surface area contributed by atoms with Crippen LogP contribution in [-0.4, -0.2) is 36.6 Å². The number of carbonyl (C=O) groups excluding carboxylic acids is 2. The summed E-state index contributed by atoms with van der Waals surface area (Å²) < 4.78 is 0. The maximum Gasteiger partial charge on any atom is 0.251 e. The first kappa shape index (κ1) is 21.0. The number of carbonyl (C=O) groups is 2. The smallest absolute Gasteiger partial charge is 0.251 e. The van der Waals surface area contributed by atoms with E-state index in [9.17, 15) is 9.59 Å². The number of hydrogen-bond acceptors (Lipinski definition) is 3. The van der Waals surface area contributed by atoms with Crippen LogP contribution in [0.15, 0.2) is 53.4 Å². The Morgan fingerprint density at radius 2 is 1.59 bits per heavy atom. The van der Waals surface area contributed by atoms with Crippen molar-refractivity contribution in [3.63, 3.8) is 0 Å². The maximum absolute atomic E-state index is 12.4. The second-order valence-electron chi connectivity index (χ2n) is 7.59. The van der Waals surface area contributed by atoms with Gasteiger partial charge in [0.25, 0.3) is 5.91 Å². The van der Waals surface area contributed by atoms with E-state index in [1.807, 2.05) is 12.1 Å². The molecule has 0 unspecified atom stereocenters.